The van der Waals surface area contributed by atoms with Crippen molar-refractivity contribution in [3.8, 4) is 5.75 Å². The summed E-state index contributed by atoms with van der Waals surface area (Å²) in [5, 5.41) is 5.32. The molecule has 0 unspecified atom stereocenters. The summed E-state index contributed by atoms with van der Waals surface area (Å²) in [6.45, 7) is 2.85. The summed E-state index contributed by atoms with van der Waals surface area (Å²) in [6.07, 6.45) is 0.656. The van der Waals surface area contributed by atoms with Gasteiger partial charge in [0.1, 0.15) is 5.75 Å². The molecule has 0 spiro atoms. The molecule has 5 nitrogen and oxygen atoms in total. The van der Waals surface area contributed by atoms with Crippen LogP contribution in [0.3, 0.4) is 0 Å². The molecule has 0 fully saturated rings. The lowest BCUT2D eigenvalue weighted by molar-refractivity contribution is -0.139. The Balaban J connectivity index is 1.70. The molecule has 2 rings (SSSR count). The summed E-state index contributed by atoms with van der Waals surface area (Å²) < 4.78 is 5.10. The molecule has 1 atom stereocenters. The average Bonchev–Trinajstić information content (AvgIpc) is 2.66. The molecule has 0 aliphatic heterocycles. The normalized spacial score (nSPS) is 11.4. The van der Waals surface area contributed by atoms with E-state index in [1.165, 1.54) is 0 Å². The molecule has 5 heteroatoms. The van der Waals surface area contributed by atoms with Crippen molar-refractivity contribution >= 4 is 11.8 Å². The molecule has 132 valence electrons. The Morgan fingerprint density at radius 3 is 2.24 bits per heavy atom. The summed E-state index contributed by atoms with van der Waals surface area (Å²) in [5.74, 6) is -0.261. The number of hydrogen-bond donors (Lipinski definition) is 2. The number of carbonyl (C=O) groups is 2. The van der Waals surface area contributed by atoms with Gasteiger partial charge in [0.25, 0.3) is 0 Å². The third kappa shape index (κ3) is 5.95. The molecule has 2 amide bonds. The molecular formula is C20H24N2O3. The second kappa shape index (κ2) is 9.47. The van der Waals surface area contributed by atoms with Crippen molar-refractivity contribution in [3.05, 3.63) is 65.7 Å². The van der Waals surface area contributed by atoms with E-state index >= 15 is 0 Å². The van der Waals surface area contributed by atoms with Gasteiger partial charge in [-0.3, -0.25) is 9.59 Å². The second-order valence-corrected chi connectivity index (χ2v) is 5.88. The highest BCUT2D eigenvalue weighted by Gasteiger charge is 2.14. The van der Waals surface area contributed by atoms with Crippen molar-refractivity contribution in [2.45, 2.75) is 19.3 Å². The number of benzene rings is 2. The minimum Gasteiger partial charge on any atom is -0.497 e. The van der Waals surface area contributed by atoms with E-state index in [0.29, 0.717) is 19.5 Å². The summed E-state index contributed by atoms with van der Waals surface area (Å²) in [4.78, 5) is 23.7. The predicted octanol–water partition coefficient (Wildman–Crippen LogP) is 2.27. The average molecular weight is 340 g/mol. The molecule has 0 heterocycles. The van der Waals surface area contributed by atoms with Gasteiger partial charge in [-0.25, -0.2) is 0 Å². The van der Waals surface area contributed by atoms with Gasteiger partial charge in [-0.15, -0.1) is 0 Å². The standard InChI is InChI=1S/C20H24N2O3/c1-15(17-6-4-3-5-7-17)14-22-20(24)19(23)21-13-12-16-8-10-18(25-2)11-9-16/h3-11,15H,12-14H2,1-2H3,(H,21,23)(H,22,24)/t15-/m1/s1. The van der Waals surface area contributed by atoms with Crippen LogP contribution >= 0.6 is 0 Å². The first-order valence-electron chi connectivity index (χ1n) is 8.34. The lowest BCUT2D eigenvalue weighted by Gasteiger charge is -2.13. The molecule has 25 heavy (non-hydrogen) atoms. The molecule has 2 N–H and O–H groups in total. The molecule has 0 saturated heterocycles. The zero-order valence-electron chi connectivity index (χ0n) is 14.6. The molecule has 0 aliphatic rings. The predicted molar refractivity (Wildman–Crippen MR) is 97.6 cm³/mol. The van der Waals surface area contributed by atoms with Gasteiger partial charge in [0.15, 0.2) is 0 Å². The number of ether oxygens (including phenoxy) is 1. The summed E-state index contributed by atoms with van der Waals surface area (Å²) in [7, 11) is 1.62. The summed E-state index contributed by atoms with van der Waals surface area (Å²) in [6, 6.07) is 17.5. The molecule has 2 aromatic rings. The number of carbonyl (C=O) groups excluding carboxylic acids is 2. The van der Waals surface area contributed by atoms with E-state index in [9.17, 15) is 9.59 Å². The maximum atomic E-state index is 11.9. The fourth-order valence-electron chi connectivity index (χ4n) is 2.42. The SMILES string of the molecule is COc1ccc(CCNC(=O)C(=O)NC[C@@H](C)c2ccccc2)cc1. The Labute approximate surface area is 148 Å². The van der Waals surface area contributed by atoms with Gasteiger partial charge >= 0.3 is 11.8 Å². The molecule has 0 bridgehead atoms. The van der Waals surface area contributed by atoms with Crippen LogP contribution in [0.15, 0.2) is 54.6 Å². The van der Waals surface area contributed by atoms with E-state index in [1.54, 1.807) is 7.11 Å². The highest BCUT2D eigenvalue weighted by atomic mass is 16.5. The third-order valence-corrected chi connectivity index (χ3v) is 4.00. The number of methoxy groups -OCH3 is 1. The van der Waals surface area contributed by atoms with Crippen molar-refractivity contribution < 1.29 is 14.3 Å². The Morgan fingerprint density at radius 2 is 1.60 bits per heavy atom. The Morgan fingerprint density at radius 1 is 0.960 bits per heavy atom. The monoisotopic (exact) mass is 340 g/mol. The maximum Gasteiger partial charge on any atom is 0.309 e. The minimum absolute atomic E-state index is 0.150. The molecule has 0 saturated carbocycles. The van der Waals surface area contributed by atoms with Crippen LogP contribution in [0.5, 0.6) is 5.75 Å². The Bertz CT molecular complexity index is 684. The maximum absolute atomic E-state index is 11.9. The molecule has 0 aliphatic carbocycles. The third-order valence-electron chi connectivity index (χ3n) is 4.00. The van der Waals surface area contributed by atoms with Crippen molar-refractivity contribution in [2.75, 3.05) is 20.2 Å². The molecule has 0 aromatic heterocycles. The molecule has 2 aromatic carbocycles. The van der Waals surface area contributed by atoms with Crippen molar-refractivity contribution in [2.24, 2.45) is 0 Å². The van der Waals surface area contributed by atoms with Gasteiger partial charge in [-0.2, -0.15) is 0 Å². The van der Waals surface area contributed by atoms with Crippen molar-refractivity contribution in [1.82, 2.24) is 10.6 Å². The number of nitrogens with one attached hydrogen (secondary N) is 2. The van der Waals surface area contributed by atoms with E-state index in [2.05, 4.69) is 10.6 Å². The van der Waals surface area contributed by atoms with Gasteiger partial charge < -0.3 is 15.4 Å². The summed E-state index contributed by atoms with van der Waals surface area (Å²) >= 11 is 0. The van der Waals surface area contributed by atoms with Crippen LogP contribution in [0.4, 0.5) is 0 Å². The lowest BCUT2D eigenvalue weighted by atomic mass is 10.0. The zero-order chi connectivity index (χ0) is 18.1. The fraction of sp³-hybridized carbons (Fsp3) is 0.300. The number of rotatable bonds is 7. The zero-order valence-corrected chi connectivity index (χ0v) is 14.6. The van der Waals surface area contributed by atoms with E-state index < -0.39 is 11.8 Å². The van der Waals surface area contributed by atoms with E-state index in [4.69, 9.17) is 4.74 Å². The summed E-state index contributed by atoms with van der Waals surface area (Å²) in [5.41, 5.74) is 2.20. The van der Waals surface area contributed by atoms with Gasteiger partial charge in [0, 0.05) is 13.1 Å². The van der Waals surface area contributed by atoms with Gasteiger partial charge in [-0.05, 0) is 35.6 Å². The number of amides is 2. The Hall–Kier alpha value is -2.82. The van der Waals surface area contributed by atoms with Crippen molar-refractivity contribution in [1.29, 1.82) is 0 Å². The molecular weight excluding hydrogens is 316 g/mol. The van der Waals surface area contributed by atoms with Gasteiger partial charge in [0.05, 0.1) is 7.11 Å². The fourth-order valence-corrected chi connectivity index (χ4v) is 2.42. The topological polar surface area (TPSA) is 67.4 Å². The van der Waals surface area contributed by atoms with Gasteiger partial charge in [-0.1, -0.05) is 49.4 Å². The van der Waals surface area contributed by atoms with Gasteiger partial charge in [0.2, 0.25) is 0 Å². The lowest BCUT2D eigenvalue weighted by Crippen LogP contribution is -2.41. The van der Waals surface area contributed by atoms with E-state index in [1.807, 2.05) is 61.5 Å². The van der Waals surface area contributed by atoms with Crippen LogP contribution in [0.1, 0.15) is 24.0 Å². The highest BCUT2D eigenvalue weighted by Crippen LogP contribution is 2.13. The first-order valence-corrected chi connectivity index (χ1v) is 8.34. The highest BCUT2D eigenvalue weighted by molar-refractivity contribution is 6.35. The van der Waals surface area contributed by atoms with Crippen LogP contribution in [0, 0.1) is 0 Å². The van der Waals surface area contributed by atoms with E-state index in [-0.39, 0.29) is 5.92 Å². The van der Waals surface area contributed by atoms with Crippen LogP contribution < -0.4 is 15.4 Å². The Kier molecular flexibility index (Phi) is 7.01. The minimum atomic E-state index is -0.603. The van der Waals surface area contributed by atoms with Crippen molar-refractivity contribution in [3.63, 3.8) is 0 Å². The molecule has 0 radical (unpaired) electrons. The largest absolute Gasteiger partial charge is 0.497 e. The first-order chi connectivity index (χ1) is 12.1. The van der Waals surface area contributed by atoms with Crippen LogP contribution in [0.25, 0.3) is 0 Å². The van der Waals surface area contributed by atoms with Crippen LogP contribution in [-0.4, -0.2) is 32.0 Å². The second-order valence-electron chi connectivity index (χ2n) is 5.88. The quantitative estimate of drug-likeness (QED) is 0.760. The van der Waals surface area contributed by atoms with Crippen LogP contribution in [0.2, 0.25) is 0 Å². The van der Waals surface area contributed by atoms with Crippen LogP contribution in [-0.2, 0) is 16.0 Å². The van der Waals surface area contributed by atoms with E-state index in [0.717, 1.165) is 16.9 Å². The smallest absolute Gasteiger partial charge is 0.309 e. The number of hydrogen-bond acceptors (Lipinski definition) is 3. The first kappa shape index (κ1) is 18.5.